The molecule has 0 amide bonds. The molecule has 0 spiro atoms. The maximum Gasteiger partial charge on any atom is 0.116 e. The van der Waals surface area contributed by atoms with Crippen LogP contribution in [0.1, 0.15) is 284 Å². The minimum absolute atomic E-state index is 0.349. The van der Waals surface area contributed by atoms with Gasteiger partial charge in [0.2, 0.25) is 0 Å². The SMILES string of the molecule is CCCCCC=CCC=CCCCCCCCCC(O)(CO)C(O)(CCCCCCCCC=CCC=CCCCCC)CCCCCCCCC=CCCCCCCCC. The topological polar surface area (TPSA) is 60.7 Å². The Morgan fingerprint density at radius 2 is 0.483 bits per heavy atom. The Hall–Kier alpha value is -1.42. The normalized spacial score (nSPS) is 14.6. The molecule has 0 bridgehead atoms. The highest BCUT2D eigenvalue weighted by molar-refractivity contribution is 5.00. The Kier molecular flexibility index (Phi) is 46.0. The van der Waals surface area contributed by atoms with Crippen LogP contribution in [0.5, 0.6) is 0 Å². The van der Waals surface area contributed by atoms with Gasteiger partial charge in [0.1, 0.15) is 5.60 Å². The van der Waals surface area contributed by atoms with Crippen molar-refractivity contribution in [3.8, 4) is 0 Å². The number of rotatable bonds is 48. The third-order valence-electron chi connectivity index (χ3n) is 12.8. The largest absolute Gasteiger partial charge is 0.393 e. The van der Waals surface area contributed by atoms with Gasteiger partial charge in [-0.3, -0.25) is 0 Å². The summed E-state index contributed by atoms with van der Waals surface area (Å²) < 4.78 is 0. The van der Waals surface area contributed by atoms with Crippen molar-refractivity contribution in [1.29, 1.82) is 0 Å². The maximum absolute atomic E-state index is 12.1. The highest BCUT2D eigenvalue weighted by Crippen LogP contribution is 2.37. The van der Waals surface area contributed by atoms with Gasteiger partial charge >= 0.3 is 0 Å². The molecule has 0 heterocycles. The van der Waals surface area contributed by atoms with Crippen molar-refractivity contribution >= 4 is 0 Å². The first-order chi connectivity index (χ1) is 29.5. The van der Waals surface area contributed by atoms with Crippen molar-refractivity contribution in [2.75, 3.05) is 6.61 Å². The van der Waals surface area contributed by atoms with Gasteiger partial charge in [-0.25, -0.2) is 0 Å². The average molecular weight is 839 g/mol. The van der Waals surface area contributed by atoms with Crippen molar-refractivity contribution in [1.82, 2.24) is 0 Å². The van der Waals surface area contributed by atoms with Gasteiger partial charge in [-0.1, -0.05) is 236 Å². The lowest BCUT2D eigenvalue weighted by Crippen LogP contribution is -2.56. The molecule has 3 N–H and O–H groups in total. The van der Waals surface area contributed by atoms with E-state index >= 15 is 0 Å². The molecule has 0 fully saturated rings. The molecule has 3 heteroatoms. The monoisotopic (exact) mass is 839 g/mol. The van der Waals surface area contributed by atoms with Crippen LogP contribution >= 0.6 is 0 Å². The minimum atomic E-state index is -1.42. The molecule has 2 atom stereocenters. The van der Waals surface area contributed by atoms with Crippen LogP contribution in [0, 0.1) is 0 Å². The van der Waals surface area contributed by atoms with Gasteiger partial charge < -0.3 is 15.3 Å². The Labute approximate surface area is 376 Å². The zero-order valence-electron chi connectivity index (χ0n) is 40.8. The number of allylic oxidation sites excluding steroid dienone is 10. The van der Waals surface area contributed by atoms with Crippen LogP contribution in [0.2, 0.25) is 0 Å². The van der Waals surface area contributed by atoms with Crippen LogP contribution in [0.3, 0.4) is 0 Å². The van der Waals surface area contributed by atoms with E-state index in [-0.39, 0.29) is 6.61 Å². The van der Waals surface area contributed by atoms with Gasteiger partial charge in [0.25, 0.3) is 0 Å². The molecule has 0 saturated carbocycles. The molecule has 60 heavy (non-hydrogen) atoms. The quantitative estimate of drug-likeness (QED) is 0.0423. The summed E-state index contributed by atoms with van der Waals surface area (Å²) in [5, 5.41) is 34.6. The molecule has 0 aliphatic rings. The summed E-state index contributed by atoms with van der Waals surface area (Å²) in [6, 6.07) is 0. The molecule has 0 rings (SSSR count). The van der Waals surface area contributed by atoms with Crippen LogP contribution in [0.15, 0.2) is 60.8 Å². The summed E-state index contributed by atoms with van der Waals surface area (Å²) >= 11 is 0. The van der Waals surface area contributed by atoms with Crippen LogP contribution in [-0.4, -0.2) is 33.1 Å². The van der Waals surface area contributed by atoms with E-state index in [9.17, 15) is 15.3 Å². The lowest BCUT2D eigenvalue weighted by atomic mass is 9.73. The van der Waals surface area contributed by atoms with E-state index in [1.807, 2.05) is 0 Å². The van der Waals surface area contributed by atoms with E-state index in [1.165, 1.54) is 173 Å². The summed E-state index contributed by atoms with van der Waals surface area (Å²) in [6.07, 6.45) is 71.1. The van der Waals surface area contributed by atoms with E-state index in [2.05, 4.69) is 81.5 Å². The van der Waals surface area contributed by atoms with Crippen molar-refractivity contribution in [3.63, 3.8) is 0 Å². The third kappa shape index (κ3) is 38.3. The second kappa shape index (κ2) is 47.1. The highest BCUT2D eigenvalue weighted by Gasteiger charge is 2.47. The maximum atomic E-state index is 12.1. The van der Waals surface area contributed by atoms with E-state index < -0.39 is 11.2 Å². The number of aliphatic hydroxyl groups excluding tert-OH is 1. The lowest BCUT2D eigenvalue weighted by molar-refractivity contribution is -0.185. The summed E-state index contributed by atoms with van der Waals surface area (Å²) in [5.74, 6) is 0. The molecule has 352 valence electrons. The van der Waals surface area contributed by atoms with Gasteiger partial charge in [0, 0.05) is 0 Å². The first-order valence-corrected chi connectivity index (χ1v) is 26.8. The number of aliphatic hydroxyl groups is 3. The summed E-state index contributed by atoms with van der Waals surface area (Å²) in [7, 11) is 0. The van der Waals surface area contributed by atoms with Crippen molar-refractivity contribution < 1.29 is 15.3 Å². The average Bonchev–Trinajstić information content (AvgIpc) is 3.25. The van der Waals surface area contributed by atoms with E-state index in [0.29, 0.717) is 19.3 Å². The third-order valence-corrected chi connectivity index (χ3v) is 12.8. The van der Waals surface area contributed by atoms with Crippen LogP contribution in [-0.2, 0) is 0 Å². The van der Waals surface area contributed by atoms with Gasteiger partial charge in [-0.05, 0) is 109 Å². The molecule has 0 aromatic rings. The Bertz CT molecular complexity index is 993. The second-order valence-electron chi connectivity index (χ2n) is 18.6. The first kappa shape index (κ1) is 58.6. The smallest absolute Gasteiger partial charge is 0.116 e. The van der Waals surface area contributed by atoms with Crippen LogP contribution in [0.4, 0.5) is 0 Å². The molecule has 0 radical (unpaired) electrons. The van der Waals surface area contributed by atoms with E-state index in [0.717, 1.165) is 70.6 Å². The fraction of sp³-hybridized carbons (Fsp3) is 0.825. The van der Waals surface area contributed by atoms with Gasteiger partial charge in [-0.2, -0.15) is 0 Å². The summed E-state index contributed by atoms with van der Waals surface area (Å²) in [4.78, 5) is 0. The molecule has 0 aliphatic heterocycles. The number of unbranched alkanes of at least 4 members (excludes halogenated alkanes) is 30. The zero-order valence-corrected chi connectivity index (χ0v) is 40.8. The fourth-order valence-corrected chi connectivity index (χ4v) is 8.53. The predicted octanol–water partition coefficient (Wildman–Crippen LogP) is 18.3. The molecule has 0 aliphatic carbocycles. The van der Waals surface area contributed by atoms with Gasteiger partial charge in [0.15, 0.2) is 0 Å². The summed E-state index contributed by atoms with van der Waals surface area (Å²) in [5.41, 5.74) is -2.63. The Morgan fingerprint density at radius 3 is 0.783 bits per heavy atom. The lowest BCUT2D eigenvalue weighted by Gasteiger charge is -2.43. The van der Waals surface area contributed by atoms with Crippen molar-refractivity contribution in [3.05, 3.63) is 60.8 Å². The van der Waals surface area contributed by atoms with E-state index in [4.69, 9.17) is 0 Å². The molecule has 3 nitrogen and oxygen atoms in total. The molecule has 0 aromatic carbocycles. The van der Waals surface area contributed by atoms with Crippen molar-refractivity contribution in [2.24, 2.45) is 0 Å². The molecule has 0 aromatic heterocycles. The molecule has 2 unspecified atom stereocenters. The molecule has 0 saturated heterocycles. The molecular formula is C57H106O3. The first-order valence-electron chi connectivity index (χ1n) is 26.8. The van der Waals surface area contributed by atoms with Crippen LogP contribution in [0.25, 0.3) is 0 Å². The van der Waals surface area contributed by atoms with Gasteiger partial charge in [0.05, 0.1) is 12.2 Å². The van der Waals surface area contributed by atoms with E-state index in [1.54, 1.807) is 0 Å². The summed E-state index contributed by atoms with van der Waals surface area (Å²) in [6.45, 7) is 6.45. The molecular weight excluding hydrogens is 733 g/mol. The van der Waals surface area contributed by atoms with Gasteiger partial charge in [-0.15, -0.1) is 0 Å². The standard InChI is InChI=1S/C57H106O3/c1-4-7-10-13-16-19-22-25-28-31-34-37-40-43-46-49-52-56(59,53-50-47-44-41-38-35-32-29-26-23-20-17-14-11-8-5-2)57(60,55-58)54-51-48-45-42-39-36-33-30-27-24-21-18-15-12-9-6-3/h16,18-19,21,25-30,58-60H,4-15,17,20,22-24,31-55H2,1-3H3. The van der Waals surface area contributed by atoms with Crippen molar-refractivity contribution in [2.45, 2.75) is 295 Å². The number of hydrogen-bond donors (Lipinski definition) is 3. The minimum Gasteiger partial charge on any atom is -0.393 e. The predicted molar refractivity (Wildman–Crippen MR) is 269 cm³/mol. The number of hydrogen-bond acceptors (Lipinski definition) is 3. The highest BCUT2D eigenvalue weighted by atomic mass is 16.4. The zero-order chi connectivity index (χ0) is 43.8. The Morgan fingerprint density at radius 1 is 0.267 bits per heavy atom. The van der Waals surface area contributed by atoms with Crippen LogP contribution < -0.4 is 0 Å². The second-order valence-corrected chi connectivity index (χ2v) is 18.6. The fourth-order valence-electron chi connectivity index (χ4n) is 8.53. The Balaban J connectivity index is 4.61.